The summed E-state index contributed by atoms with van der Waals surface area (Å²) in [4.78, 5) is 28.8. The number of furan rings is 1. The highest BCUT2D eigenvalue weighted by atomic mass is 32.1. The van der Waals surface area contributed by atoms with Gasteiger partial charge in [-0.15, -0.1) is 11.3 Å². The first-order valence-electron chi connectivity index (χ1n) is 7.10. The average Bonchev–Trinajstić information content (AvgIpc) is 3.17. The van der Waals surface area contributed by atoms with Crippen LogP contribution >= 0.6 is 11.3 Å². The van der Waals surface area contributed by atoms with Crippen LogP contribution < -0.4 is 10.1 Å². The molecule has 2 heterocycles. The van der Waals surface area contributed by atoms with E-state index in [1.165, 1.54) is 17.6 Å². The predicted molar refractivity (Wildman–Crippen MR) is 85.2 cm³/mol. The molecular weight excluding hydrogens is 318 g/mol. The summed E-state index contributed by atoms with van der Waals surface area (Å²) in [5, 5.41) is 4.64. The summed E-state index contributed by atoms with van der Waals surface area (Å²) >= 11 is 1.30. The Morgan fingerprint density at radius 2 is 2.30 bits per heavy atom. The number of ether oxygens (including phenoxy) is 1. The highest BCUT2D eigenvalue weighted by Crippen LogP contribution is 2.10. The van der Waals surface area contributed by atoms with Crippen LogP contribution in [0.5, 0.6) is 0 Å². The Kier molecular flexibility index (Phi) is 5.89. The summed E-state index contributed by atoms with van der Waals surface area (Å²) in [6, 6.07) is 2.70. The van der Waals surface area contributed by atoms with E-state index < -0.39 is 11.9 Å². The van der Waals surface area contributed by atoms with Crippen molar-refractivity contribution in [2.45, 2.75) is 19.9 Å². The number of carbonyl (C=O) groups excluding carboxylic acids is 2. The molecule has 0 aromatic carbocycles. The van der Waals surface area contributed by atoms with Crippen LogP contribution in [0.4, 0.5) is 0 Å². The van der Waals surface area contributed by atoms with E-state index in [0.29, 0.717) is 18.0 Å². The molecule has 0 saturated heterocycles. The highest BCUT2D eigenvalue weighted by molar-refractivity contribution is 7.07. The molecule has 0 aliphatic heterocycles. The molecule has 0 spiro atoms. The third-order valence-electron chi connectivity index (χ3n) is 3.22. The van der Waals surface area contributed by atoms with E-state index in [4.69, 9.17) is 9.15 Å². The molecule has 2 aromatic rings. The second-order valence-electron chi connectivity index (χ2n) is 4.88. The smallest absolute Gasteiger partial charge is 0.315 e. The number of thiazole rings is 1. The SMILES string of the molecule is COCCNC(=O)[C@H](C)n1c(C)csc1=NC(=O)c1ccco1. The Bertz CT molecular complexity index is 730. The topological polar surface area (TPSA) is 85.8 Å². The second kappa shape index (κ2) is 7.89. The number of nitrogens with one attached hydrogen (secondary N) is 1. The molecule has 7 nitrogen and oxygen atoms in total. The van der Waals surface area contributed by atoms with E-state index in [1.54, 1.807) is 30.7 Å². The van der Waals surface area contributed by atoms with E-state index in [0.717, 1.165) is 5.69 Å². The van der Waals surface area contributed by atoms with Crippen LogP contribution in [0, 0.1) is 6.92 Å². The van der Waals surface area contributed by atoms with E-state index in [9.17, 15) is 9.59 Å². The van der Waals surface area contributed by atoms with Gasteiger partial charge in [-0.05, 0) is 26.0 Å². The number of hydrogen-bond donors (Lipinski definition) is 1. The van der Waals surface area contributed by atoms with Gasteiger partial charge in [-0.2, -0.15) is 4.99 Å². The Hall–Kier alpha value is -2.19. The van der Waals surface area contributed by atoms with Crippen molar-refractivity contribution in [1.29, 1.82) is 0 Å². The molecule has 0 saturated carbocycles. The highest BCUT2D eigenvalue weighted by Gasteiger charge is 2.18. The number of aromatic nitrogens is 1. The van der Waals surface area contributed by atoms with Crippen LogP contribution in [0.3, 0.4) is 0 Å². The third kappa shape index (κ3) is 4.17. The van der Waals surface area contributed by atoms with Gasteiger partial charge in [-0.25, -0.2) is 0 Å². The zero-order chi connectivity index (χ0) is 16.8. The molecule has 0 aliphatic carbocycles. The van der Waals surface area contributed by atoms with E-state index in [1.807, 2.05) is 12.3 Å². The Morgan fingerprint density at radius 1 is 1.52 bits per heavy atom. The summed E-state index contributed by atoms with van der Waals surface area (Å²) < 4.78 is 11.7. The van der Waals surface area contributed by atoms with Gasteiger partial charge in [0.2, 0.25) is 5.91 Å². The largest absolute Gasteiger partial charge is 0.459 e. The normalized spacial score (nSPS) is 13.1. The summed E-state index contributed by atoms with van der Waals surface area (Å²) in [5.74, 6) is -0.465. The van der Waals surface area contributed by atoms with Gasteiger partial charge < -0.3 is 19.0 Å². The van der Waals surface area contributed by atoms with Crippen LogP contribution in [0.25, 0.3) is 0 Å². The van der Waals surface area contributed by atoms with Gasteiger partial charge in [-0.1, -0.05) is 0 Å². The van der Waals surface area contributed by atoms with E-state index in [2.05, 4.69) is 10.3 Å². The molecule has 0 radical (unpaired) electrons. The number of methoxy groups -OCH3 is 1. The lowest BCUT2D eigenvalue weighted by Crippen LogP contribution is -2.36. The number of aryl methyl sites for hydroxylation is 1. The van der Waals surface area contributed by atoms with Crippen molar-refractivity contribution >= 4 is 23.2 Å². The minimum atomic E-state index is -0.485. The molecule has 2 aromatic heterocycles. The Morgan fingerprint density at radius 3 is 2.96 bits per heavy atom. The summed E-state index contributed by atoms with van der Waals surface area (Å²) in [7, 11) is 1.57. The van der Waals surface area contributed by atoms with Crippen LogP contribution in [0.1, 0.15) is 29.2 Å². The monoisotopic (exact) mass is 337 g/mol. The number of rotatable bonds is 6. The zero-order valence-corrected chi connectivity index (χ0v) is 14.1. The van der Waals surface area contributed by atoms with Crippen LogP contribution in [-0.4, -0.2) is 36.6 Å². The fourth-order valence-electron chi connectivity index (χ4n) is 2.04. The van der Waals surface area contributed by atoms with Crippen molar-refractivity contribution in [2.75, 3.05) is 20.3 Å². The predicted octanol–water partition coefficient (Wildman–Crippen LogP) is 1.52. The fraction of sp³-hybridized carbons (Fsp3) is 0.400. The molecule has 1 atom stereocenters. The molecule has 0 bridgehead atoms. The number of hydrogen-bond acceptors (Lipinski definition) is 5. The van der Waals surface area contributed by atoms with Gasteiger partial charge in [0, 0.05) is 24.7 Å². The minimum Gasteiger partial charge on any atom is -0.459 e. The van der Waals surface area contributed by atoms with Gasteiger partial charge in [0.05, 0.1) is 12.9 Å². The first kappa shape index (κ1) is 17.2. The maximum Gasteiger partial charge on any atom is 0.315 e. The second-order valence-corrected chi connectivity index (χ2v) is 5.72. The van der Waals surface area contributed by atoms with Gasteiger partial charge in [0.25, 0.3) is 0 Å². The van der Waals surface area contributed by atoms with Crippen molar-refractivity contribution in [3.05, 3.63) is 40.0 Å². The molecule has 23 heavy (non-hydrogen) atoms. The molecule has 8 heteroatoms. The standard InChI is InChI=1S/C15H19N3O4S/c1-10-9-23-15(17-14(20)12-5-4-7-22-12)18(10)11(2)13(19)16-6-8-21-3/h4-5,7,9,11H,6,8H2,1-3H3,(H,16,19)/t11-/m0/s1. The van der Waals surface area contributed by atoms with E-state index in [-0.39, 0.29) is 11.7 Å². The van der Waals surface area contributed by atoms with Gasteiger partial charge in [-0.3, -0.25) is 9.59 Å². The molecule has 124 valence electrons. The average molecular weight is 337 g/mol. The Labute approximate surface area is 137 Å². The van der Waals surface area contributed by atoms with Crippen molar-refractivity contribution in [1.82, 2.24) is 9.88 Å². The lowest BCUT2D eigenvalue weighted by atomic mass is 10.3. The number of amides is 2. The zero-order valence-electron chi connectivity index (χ0n) is 13.2. The van der Waals surface area contributed by atoms with Crippen molar-refractivity contribution in [3.8, 4) is 0 Å². The molecular formula is C15H19N3O4S. The molecule has 2 amide bonds. The molecule has 2 rings (SSSR count). The lowest BCUT2D eigenvalue weighted by Gasteiger charge is -2.15. The summed E-state index contributed by atoms with van der Waals surface area (Å²) in [6.45, 7) is 4.51. The first-order chi connectivity index (χ1) is 11.0. The maximum atomic E-state index is 12.2. The summed E-state index contributed by atoms with van der Waals surface area (Å²) in [5.41, 5.74) is 0.857. The van der Waals surface area contributed by atoms with Crippen molar-refractivity contribution in [3.63, 3.8) is 0 Å². The van der Waals surface area contributed by atoms with Gasteiger partial charge >= 0.3 is 5.91 Å². The van der Waals surface area contributed by atoms with Crippen molar-refractivity contribution in [2.24, 2.45) is 4.99 Å². The number of carbonyl (C=O) groups is 2. The van der Waals surface area contributed by atoms with Crippen LogP contribution in [-0.2, 0) is 9.53 Å². The van der Waals surface area contributed by atoms with Gasteiger partial charge in [0.1, 0.15) is 6.04 Å². The first-order valence-corrected chi connectivity index (χ1v) is 7.98. The minimum absolute atomic E-state index is 0.157. The maximum absolute atomic E-state index is 12.2. The molecule has 1 N–H and O–H groups in total. The molecule has 0 aliphatic rings. The van der Waals surface area contributed by atoms with Gasteiger partial charge in [0.15, 0.2) is 10.6 Å². The van der Waals surface area contributed by atoms with Crippen LogP contribution in [0.2, 0.25) is 0 Å². The van der Waals surface area contributed by atoms with E-state index >= 15 is 0 Å². The Balaban J connectivity index is 2.24. The van der Waals surface area contributed by atoms with Crippen LogP contribution in [0.15, 0.2) is 33.2 Å². The fourth-order valence-corrected chi connectivity index (χ4v) is 2.98. The lowest BCUT2D eigenvalue weighted by molar-refractivity contribution is -0.124. The van der Waals surface area contributed by atoms with Crippen molar-refractivity contribution < 1.29 is 18.7 Å². The number of nitrogens with zero attached hydrogens (tertiary/aromatic N) is 2. The quantitative estimate of drug-likeness (QED) is 0.810. The third-order valence-corrected chi connectivity index (χ3v) is 4.18. The summed E-state index contributed by atoms with van der Waals surface area (Å²) in [6.07, 6.45) is 1.42. The molecule has 0 unspecified atom stereocenters. The molecule has 0 fully saturated rings.